The van der Waals surface area contributed by atoms with Crippen LogP contribution in [-0.2, 0) is 22.0 Å². The first-order valence-electron chi connectivity index (χ1n) is 9.67. The molecule has 27 heavy (non-hydrogen) atoms. The second-order valence-electron chi connectivity index (χ2n) is 9.23. The van der Waals surface area contributed by atoms with Crippen molar-refractivity contribution in [2.45, 2.75) is 64.7 Å². The van der Waals surface area contributed by atoms with Gasteiger partial charge in [0.15, 0.2) is 0 Å². The maximum Gasteiger partial charge on any atom is 0.307 e. The van der Waals surface area contributed by atoms with Crippen molar-refractivity contribution < 1.29 is 9.90 Å². The van der Waals surface area contributed by atoms with Gasteiger partial charge in [0.2, 0.25) is 0 Å². The lowest BCUT2D eigenvalue weighted by atomic mass is 9.62. The highest BCUT2D eigenvalue weighted by Gasteiger charge is 2.37. The number of carboxylic acids is 1. The van der Waals surface area contributed by atoms with Gasteiger partial charge in [-0.05, 0) is 69.5 Å². The van der Waals surface area contributed by atoms with Crippen LogP contribution >= 0.6 is 0 Å². The standard InChI is InChI=1S/C25H30O2/c1-16-13-21-22(25(5,6)12-11-24(21,3)4)15-20(16)17(2)19-9-7-18(8-10-19)14-23(26)27/h7-10,13,15H,2,11-12,14H2,1,3-6H3,(H,26,27). The molecule has 0 saturated heterocycles. The number of hydrogen-bond acceptors (Lipinski definition) is 1. The molecule has 0 fully saturated rings. The molecule has 0 spiro atoms. The van der Waals surface area contributed by atoms with Gasteiger partial charge < -0.3 is 5.11 Å². The average molecular weight is 363 g/mol. The van der Waals surface area contributed by atoms with E-state index in [0.29, 0.717) is 0 Å². The Balaban J connectivity index is 2.02. The molecule has 0 aliphatic heterocycles. The van der Waals surface area contributed by atoms with Gasteiger partial charge in [-0.1, -0.05) is 70.7 Å². The molecule has 1 aliphatic rings. The lowest BCUT2D eigenvalue weighted by Crippen LogP contribution is -2.34. The fraction of sp³-hybridized carbons (Fsp3) is 0.400. The Morgan fingerprint density at radius 3 is 2.04 bits per heavy atom. The number of carboxylic acid groups (broad SMARTS) is 1. The third-order valence-electron chi connectivity index (χ3n) is 6.18. The van der Waals surface area contributed by atoms with Gasteiger partial charge in [-0.25, -0.2) is 0 Å². The van der Waals surface area contributed by atoms with Crippen LogP contribution < -0.4 is 0 Å². The zero-order valence-corrected chi connectivity index (χ0v) is 17.1. The molecule has 0 unspecified atom stereocenters. The second-order valence-corrected chi connectivity index (χ2v) is 9.23. The van der Waals surface area contributed by atoms with E-state index >= 15 is 0 Å². The monoisotopic (exact) mass is 362 g/mol. The van der Waals surface area contributed by atoms with Gasteiger partial charge in [0, 0.05) is 0 Å². The van der Waals surface area contributed by atoms with Crippen LogP contribution in [0, 0.1) is 6.92 Å². The van der Waals surface area contributed by atoms with Crippen LogP contribution in [0.1, 0.15) is 73.9 Å². The summed E-state index contributed by atoms with van der Waals surface area (Å²) >= 11 is 0. The Kier molecular flexibility index (Phi) is 4.80. The van der Waals surface area contributed by atoms with Crippen LogP contribution in [0.4, 0.5) is 0 Å². The number of fused-ring (bicyclic) bond motifs is 1. The minimum absolute atomic E-state index is 0.0495. The number of hydrogen-bond donors (Lipinski definition) is 1. The average Bonchev–Trinajstić information content (AvgIpc) is 2.58. The van der Waals surface area contributed by atoms with Gasteiger partial charge in [-0.15, -0.1) is 0 Å². The van der Waals surface area contributed by atoms with E-state index < -0.39 is 5.97 Å². The first-order chi connectivity index (χ1) is 12.5. The Labute approximate surface area is 162 Å². The maximum atomic E-state index is 10.9. The van der Waals surface area contributed by atoms with E-state index in [0.717, 1.165) is 16.7 Å². The lowest BCUT2D eigenvalue weighted by molar-refractivity contribution is -0.136. The van der Waals surface area contributed by atoms with Crippen LogP contribution in [0.5, 0.6) is 0 Å². The molecule has 0 radical (unpaired) electrons. The molecule has 2 aromatic carbocycles. The summed E-state index contributed by atoms with van der Waals surface area (Å²) in [6.45, 7) is 15.9. The van der Waals surface area contributed by atoms with Gasteiger partial charge in [0.1, 0.15) is 0 Å². The van der Waals surface area contributed by atoms with E-state index in [4.69, 9.17) is 5.11 Å². The Hall–Kier alpha value is -2.35. The molecule has 2 nitrogen and oxygen atoms in total. The lowest BCUT2D eigenvalue weighted by Gasteiger charge is -2.42. The quantitative estimate of drug-likeness (QED) is 0.721. The highest BCUT2D eigenvalue weighted by Crippen LogP contribution is 2.47. The first kappa shape index (κ1) is 19.4. The maximum absolute atomic E-state index is 10.9. The molecule has 3 rings (SSSR count). The van der Waals surface area contributed by atoms with Crippen molar-refractivity contribution in [2.75, 3.05) is 0 Å². The van der Waals surface area contributed by atoms with Gasteiger partial charge in [0.25, 0.3) is 0 Å². The predicted octanol–water partition coefficient (Wildman–Crippen LogP) is 6.03. The third kappa shape index (κ3) is 3.71. The Morgan fingerprint density at radius 1 is 1.00 bits per heavy atom. The van der Waals surface area contributed by atoms with Crippen molar-refractivity contribution in [3.63, 3.8) is 0 Å². The Morgan fingerprint density at radius 2 is 1.52 bits per heavy atom. The number of benzene rings is 2. The molecule has 2 heteroatoms. The van der Waals surface area contributed by atoms with E-state index in [-0.39, 0.29) is 17.3 Å². The molecule has 1 aliphatic carbocycles. The van der Waals surface area contributed by atoms with Crippen LogP contribution in [0.15, 0.2) is 43.0 Å². The molecule has 2 aromatic rings. The summed E-state index contributed by atoms with van der Waals surface area (Å²) < 4.78 is 0. The zero-order valence-electron chi connectivity index (χ0n) is 17.1. The highest BCUT2D eigenvalue weighted by atomic mass is 16.4. The van der Waals surface area contributed by atoms with Gasteiger partial charge in [0.05, 0.1) is 6.42 Å². The van der Waals surface area contributed by atoms with Gasteiger partial charge >= 0.3 is 5.97 Å². The van der Waals surface area contributed by atoms with E-state index in [2.05, 4.69) is 53.3 Å². The van der Waals surface area contributed by atoms with Crippen molar-refractivity contribution in [1.82, 2.24) is 0 Å². The van der Waals surface area contributed by atoms with Crippen LogP contribution in [0.25, 0.3) is 5.57 Å². The van der Waals surface area contributed by atoms with E-state index in [1.54, 1.807) is 0 Å². The third-order valence-corrected chi connectivity index (χ3v) is 6.18. The summed E-state index contributed by atoms with van der Waals surface area (Å²) in [7, 11) is 0. The first-order valence-corrected chi connectivity index (χ1v) is 9.67. The van der Waals surface area contributed by atoms with Crippen molar-refractivity contribution in [2.24, 2.45) is 0 Å². The van der Waals surface area contributed by atoms with Crippen LogP contribution in [-0.4, -0.2) is 11.1 Å². The van der Waals surface area contributed by atoms with Crippen LogP contribution in [0.3, 0.4) is 0 Å². The normalized spacial score (nSPS) is 17.2. The minimum Gasteiger partial charge on any atom is -0.481 e. The van der Waals surface area contributed by atoms with Crippen molar-refractivity contribution in [3.8, 4) is 0 Å². The summed E-state index contributed by atoms with van der Waals surface area (Å²) in [6, 6.07) is 12.4. The number of rotatable bonds is 4. The zero-order chi connectivity index (χ0) is 20.0. The number of carbonyl (C=O) groups is 1. The molecule has 0 aromatic heterocycles. The predicted molar refractivity (Wildman–Crippen MR) is 112 cm³/mol. The van der Waals surface area contributed by atoms with Gasteiger partial charge in [-0.3, -0.25) is 4.79 Å². The van der Waals surface area contributed by atoms with E-state index in [1.807, 2.05) is 24.3 Å². The molecular weight excluding hydrogens is 332 g/mol. The van der Waals surface area contributed by atoms with Crippen molar-refractivity contribution in [3.05, 3.63) is 76.4 Å². The Bertz CT molecular complexity index is 899. The smallest absolute Gasteiger partial charge is 0.307 e. The van der Waals surface area contributed by atoms with E-state index in [1.165, 1.54) is 35.1 Å². The topological polar surface area (TPSA) is 37.3 Å². The van der Waals surface area contributed by atoms with Crippen LogP contribution in [0.2, 0.25) is 0 Å². The fourth-order valence-corrected chi connectivity index (χ4v) is 4.20. The van der Waals surface area contributed by atoms with Gasteiger partial charge in [-0.2, -0.15) is 0 Å². The molecule has 0 bridgehead atoms. The second kappa shape index (κ2) is 6.67. The summed E-state index contributed by atoms with van der Waals surface area (Å²) in [5.74, 6) is -0.808. The minimum atomic E-state index is -0.808. The summed E-state index contributed by atoms with van der Waals surface area (Å²) in [6.07, 6.45) is 2.44. The summed E-state index contributed by atoms with van der Waals surface area (Å²) in [4.78, 5) is 10.9. The van der Waals surface area contributed by atoms with E-state index in [9.17, 15) is 4.79 Å². The molecule has 0 amide bonds. The highest BCUT2D eigenvalue weighted by molar-refractivity contribution is 5.81. The molecule has 142 valence electrons. The molecular formula is C25H30O2. The molecule has 0 heterocycles. The number of aryl methyl sites for hydroxylation is 1. The largest absolute Gasteiger partial charge is 0.481 e. The summed E-state index contributed by atoms with van der Waals surface area (Å²) in [5.41, 5.74) is 8.55. The SMILES string of the molecule is C=C(c1ccc(CC(=O)O)cc1)c1cc2c(cc1C)C(C)(C)CCC2(C)C. The molecule has 1 N–H and O–H groups in total. The van der Waals surface area contributed by atoms with Crippen molar-refractivity contribution >= 4 is 11.5 Å². The molecule has 0 saturated carbocycles. The summed E-state index contributed by atoms with van der Waals surface area (Å²) in [5, 5.41) is 8.95. The fourth-order valence-electron chi connectivity index (χ4n) is 4.20. The van der Waals surface area contributed by atoms with Crippen molar-refractivity contribution in [1.29, 1.82) is 0 Å². The number of aliphatic carboxylic acids is 1. The molecule has 0 atom stereocenters.